The maximum Gasteiger partial charge on any atom is 0.502 e. The molecule has 0 heterocycles. The highest BCUT2D eigenvalue weighted by atomic mass is 31.2. The zero-order valence-corrected chi connectivity index (χ0v) is 24.0. The Hall–Kier alpha value is -0.780. The van der Waals surface area contributed by atoms with Gasteiger partial charge in [0.1, 0.15) is 0 Å². The number of hydrogen-bond donors (Lipinski definition) is 6. The number of hydrogen-bond acceptors (Lipinski definition) is 8. The maximum atomic E-state index is 10.7. The molecule has 0 fully saturated rings. The lowest BCUT2D eigenvalue weighted by molar-refractivity contribution is -0.146. The Morgan fingerprint density at radius 3 is 1.43 bits per heavy atom. The van der Waals surface area contributed by atoms with E-state index in [1.54, 1.807) is 6.92 Å². The summed E-state index contributed by atoms with van der Waals surface area (Å²) in [6.07, 6.45) is 1.27. The highest BCUT2D eigenvalue weighted by molar-refractivity contribution is 7.52. The van der Waals surface area contributed by atoms with Gasteiger partial charge in [0.25, 0.3) is 0 Å². The van der Waals surface area contributed by atoms with Crippen molar-refractivity contribution in [2.45, 2.75) is 99.4 Å². The van der Waals surface area contributed by atoms with Crippen molar-refractivity contribution in [2.75, 3.05) is 20.0 Å². The molecule has 0 rings (SSSR count). The summed E-state index contributed by atoms with van der Waals surface area (Å²) < 4.78 is 39.6. The van der Waals surface area contributed by atoms with Crippen molar-refractivity contribution in [1.82, 2.24) is 0 Å². The molecular weight excluding hydrogens is 557 g/mol. The highest BCUT2D eigenvalue weighted by Crippen LogP contribution is 2.39. The van der Waals surface area contributed by atoms with Crippen LogP contribution in [0.2, 0.25) is 0 Å². The first-order valence-corrected chi connectivity index (χ1v) is 16.1. The van der Waals surface area contributed by atoms with E-state index in [4.69, 9.17) is 39.1 Å². The summed E-state index contributed by atoms with van der Waals surface area (Å²) in [6.45, 7) is 11.0. The van der Waals surface area contributed by atoms with Crippen LogP contribution in [0.4, 0.5) is 0 Å². The fourth-order valence-electron chi connectivity index (χ4n) is 1.92. The number of aliphatic hydroxyl groups excluding tert-OH is 1. The minimum Gasteiger partial charge on any atom is -0.481 e. The van der Waals surface area contributed by atoms with Crippen LogP contribution in [0.1, 0.15) is 81.1 Å². The molecule has 17 heteroatoms. The van der Waals surface area contributed by atoms with Crippen molar-refractivity contribution < 1.29 is 67.8 Å². The van der Waals surface area contributed by atoms with E-state index in [0.717, 1.165) is 32.3 Å². The molecule has 37 heavy (non-hydrogen) atoms. The molecular formula is C20H52O14P3+. The molecule has 0 aliphatic carbocycles. The Morgan fingerprint density at radius 2 is 1.24 bits per heavy atom. The van der Waals surface area contributed by atoms with Gasteiger partial charge >= 0.3 is 35.2 Å². The molecule has 0 amide bonds. The van der Waals surface area contributed by atoms with Crippen LogP contribution >= 0.6 is 23.2 Å². The lowest BCUT2D eigenvalue weighted by atomic mass is 10.2. The zero-order chi connectivity index (χ0) is 28.1. The summed E-state index contributed by atoms with van der Waals surface area (Å²) in [4.78, 5) is 45.6. The second-order valence-electron chi connectivity index (χ2n) is 7.28. The van der Waals surface area contributed by atoms with Gasteiger partial charge in [0, 0.05) is 19.8 Å². The average molecular weight is 610 g/mol. The maximum absolute atomic E-state index is 10.7. The number of rotatable bonds is 12. The number of aliphatic hydroxyl groups is 1. The molecule has 0 aromatic carbocycles. The van der Waals surface area contributed by atoms with Crippen LogP contribution in [0, 0.1) is 0 Å². The Balaban J connectivity index is -0.0000000690. The molecule has 6 atom stereocenters. The quantitative estimate of drug-likeness (QED) is 0.170. The van der Waals surface area contributed by atoms with Crippen molar-refractivity contribution in [3.8, 4) is 0 Å². The van der Waals surface area contributed by atoms with Crippen LogP contribution in [-0.4, -0.2) is 85.7 Å². The topological polar surface area (TPSA) is 257 Å². The average Bonchev–Trinajstić information content (AvgIpc) is 2.56. The molecule has 6 unspecified atom stereocenters. The van der Waals surface area contributed by atoms with E-state index in [-0.39, 0.29) is 39.0 Å². The second-order valence-corrected chi connectivity index (χ2v) is 11.8. The first-order chi connectivity index (χ1) is 15.2. The van der Waals surface area contributed by atoms with E-state index in [1.165, 1.54) is 13.3 Å². The summed E-state index contributed by atoms with van der Waals surface area (Å²) in [5.41, 5.74) is 0. The van der Waals surface area contributed by atoms with Crippen LogP contribution in [0.3, 0.4) is 0 Å². The fourth-order valence-corrected chi connectivity index (χ4v) is 3.36. The van der Waals surface area contributed by atoms with E-state index in [2.05, 4.69) is 11.4 Å². The van der Waals surface area contributed by atoms with Crippen LogP contribution in [-0.2, 0) is 32.3 Å². The van der Waals surface area contributed by atoms with Crippen molar-refractivity contribution in [3.63, 3.8) is 0 Å². The van der Waals surface area contributed by atoms with Crippen molar-refractivity contribution in [3.05, 3.63) is 0 Å². The van der Waals surface area contributed by atoms with E-state index >= 15 is 0 Å². The molecule has 8 N–H and O–H groups in total. The minimum absolute atomic E-state index is 0. The Labute approximate surface area is 222 Å². The van der Waals surface area contributed by atoms with Crippen molar-refractivity contribution in [2.24, 2.45) is 0 Å². The summed E-state index contributed by atoms with van der Waals surface area (Å²) in [6, 6.07) is 0. The zero-order valence-electron chi connectivity index (χ0n) is 21.4. The fraction of sp³-hybridized carbons (Fsp3) is 0.900. The molecule has 0 radical (unpaired) electrons. The SMILES string of the molecule is C.C.CCCC(C)O.CCCC(C)OP(C)(=O)O.CP(=O)(O)OC(CCC(=O)O)C(=O)O.C[P+](=O)O.O. The largest absolute Gasteiger partial charge is 0.502 e. The van der Waals surface area contributed by atoms with E-state index < -0.39 is 47.7 Å². The van der Waals surface area contributed by atoms with E-state index in [0.29, 0.717) is 0 Å². The standard InChI is InChI=1S/C6H11O7P.C6H15O3P.C5H12O.CH3O2P.2CH4.H2O/c1-14(11,12)13-4(6(9)10)2-3-5(7)8;1-4-5-6(2)9-10(3,7)8;1-3-4-5(2)6;1-4(2)3;;;/h4H,2-3H2,1H3,(H,7,8)(H,9,10)(H,11,12);6H,4-5H2,1-3H3,(H,7,8);5-6H,3-4H2,1-2H3;1H3;2*1H4;1H2/p+1. The Bertz CT molecular complexity index is 642. The lowest BCUT2D eigenvalue weighted by Crippen LogP contribution is -2.23. The number of carbonyl (C=O) groups is 2. The van der Waals surface area contributed by atoms with Crippen molar-refractivity contribution in [1.29, 1.82) is 0 Å². The van der Waals surface area contributed by atoms with Gasteiger partial charge in [-0.15, -0.1) is 0 Å². The van der Waals surface area contributed by atoms with Gasteiger partial charge in [0.05, 0.1) is 12.2 Å². The Kier molecular flexibility index (Phi) is 42.3. The van der Waals surface area contributed by atoms with Gasteiger partial charge in [-0.1, -0.05) is 41.5 Å². The molecule has 0 aliphatic heterocycles. The lowest BCUT2D eigenvalue weighted by Gasteiger charge is -2.13. The molecule has 0 aromatic heterocycles. The van der Waals surface area contributed by atoms with Gasteiger partial charge in [-0.2, -0.15) is 4.89 Å². The van der Waals surface area contributed by atoms with Crippen LogP contribution in [0.5, 0.6) is 0 Å². The summed E-state index contributed by atoms with van der Waals surface area (Å²) >= 11 is 0. The van der Waals surface area contributed by atoms with Gasteiger partial charge in [0.2, 0.25) is 0 Å². The first kappa shape index (κ1) is 52.6. The predicted molar refractivity (Wildman–Crippen MR) is 146 cm³/mol. The number of carboxylic acid groups (broad SMARTS) is 2. The minimum atomic E-state index is -3.91. The normalized spacial score (nSPS) is 15.4. The third-order valence-corrected chi connectivity index (χ3v) is 4.39. The summed E-state index contributed by atoms with van der Waals surface area (Å²) in [7, 11) is -9.03. The number of carboxylic acids is 2. The van der Waals surface area contributed by atoms with Gasteiger partial charge in [-0.3, -0.25) is 18.4 Å². The predicted octanol–water partition coefficient (Wildman–Crippen LogP) is 4.11. The Morgan fingerprint density at radius 1 is 0.892 bits per heavy atom. The van der Waals surface area contributed by atoms with E-state index in [1.807, 2.05) is 13.8 Å². The third-order valence-electron chi connectivity index (χ3n) is 3.00. The molecule has 0 aromatic rings. The molecule has 0 saturated heterocycles. The smallest absolute Gasteiger partial charge is 0.481 e. The molecule has 14 nitrogen and oxygen atoms in total. The van der Waals surface area contributed by atoms with Gasteiger partial charge in [-0.25, -0.2) is 4.79 Å². The molecule has 0 spiro atoms. The molecule has 0 bridgehead atoms. The molecule has 0 saturated carbocycles. The molecule has 230 valence electrons. The van der Waals surface area contributed by atoms with Crippen molar-refractivity contribution >= 4 is 35.2 Å². The second kappa shape index (κ2) is 29.8. The monoisotopic (exact) mass is 609 g/mol. The van der Waals surface area contributed by atoms with Gasteiger partial charge in [0.15, 0.2) is 12.8 Å². The summed E-state index contributed by atoms with van der Waals surface area (Å²) in [5, 5.41) is 25.3. The van der Waals surface area contributed by atoms with Crippen LogP contribution in [0.15, 0.2) is 0 Å². The number of aliphatic carboxylic acids is 2. The van der Waals surface area contributed by atoms with Gasteiger partial charge < -0.3 is 35.1 Å². The summed E-state index contributed by atoms with van der Waals surface area (Å²) in [5.74, 6) is -2.65. The van der Waals surface area contributed by atoms with Crippen LogP contribution < -0.4 is 0 Å². The van der Waals surface area contributed by atoms with Gasteiger partial charge in [-0.05, 0) is 37.7 Å². The first-order valence-electron chi connectivity index (χ1n) is 10.4. The highest BCUT2D eigenvalue weighted by Gasteiger charge is 2.26. The van der Waals surface area contributed by atoms with Crippen LogP contribution in [0.25, 0.3) is 0 Å². The molecule has 0 aliphatic rings. The third kappa shape index (κ3) is 66.3. The van der Waals surface area contributed by atoms with E-state index in [9.17, 15) is 18.7 Å².